The summed E-state index contributed by atoms with van der Waals surface area (Å²) in [5, 5.41) is 9.35. The highest BCUT2D eigenvalue weighted by Gasteiger charge is 2.13. The molecule has 140 valence electrons. The first-order valence-corrected chi connectivity index (χ1v) is 9.49. The maximum Gasteiger partial charge on any atom is 0.119 e. The first kappa shape index (κ1) is 19.4. The van der Waals surface area contributed by atoms with E-state index < -0.39 is 0 Å². The van der Waals surface area contributed by atoms with E-state index in [1.54, 1.807) is 0 Å². The highest BCUT2D eigenvalue weighted by atomic mass is 16.5. The number of nitrogens with two attached hydrogens (primary N) is 1. The largest absolute Gasteiger partial charge is 0.492 e. The minimum Gasteiger partial charge on any atom is -0.492 e. The molecule has 0 atom stereocenters. The third kappa shape index (κ3) is 4.49. The number of rotatable bonds is 7. The van der Waals surface area contributed by atoms with Gasteiger partial charge in [-0.1, -0.05) is 61.5 Å². The van der Waals surface area contributed by atoms with Crippen LogP contribution >= 0.6 is 0 Å². The lowest BCUT2D eigenvalue weighted by molar-refractivity contribution is 0.328. The second-order valence-electron chi connectivity index (χ2n) is 6.43. The molecule has 28 heavy (non-hydrogen) atoms. The van der Waals surface area contributed by atoms with Crippen molar-refractivity contribution in [1.82, 2.24) is 0 Å². The third-order valence-electron chi connectivity index (χ3n) is 4.59. The Kier molecular flexibility index (Phi) is 6.62. The highest BCUT2D eigenvalue weighted by molar-refractivity contribution is 5.98. The monoisotopic (exact) mass is 368 g/mol. The number of hydrogen-bond donors (Lipinski definition) is 1. The summed E-state index contributed by atoms with van der Waals surface area (Å²) >= 11 is 0. The SMILES string of the molecule is CC/C(=C(/c1ccc(OCCN)cc1)c1cccc(C#N)c1)c1ccccc1. The normalized spacial score (nSPS) is 11.5. The van der Waals surface area contributed by atoms with Crippen LogP contribution in [0, 0.1) is 11.3 Å². The molecule has 0 fully saturated rings. The Balaban J connectivity index is 2.17. The van der Waals surface area contributed by atoms with Crippen LogP contribution in [0.1, 0.15) is 35.6 Å². The highest BCUT2D eigenvalue weighted by Crippen LogP contribution is 2.35. The number of hydrogen-bond acceptors (Lipinski definition) is 3. The molecule has 0 heterocycles. The summed E-state index contributed by atoms with van der Waals surface area (Å²) in [6.45, 7) is 3.15. The smallest absolute Gasteiger partial charge is 0.119 e. The zero-order chi connectivity index (χ0) is 19.8. The number of nitrogens with zero attached hydrogens (tertiary/aromatic N) is 1. The molecule has 3 nitrogen and oxygen atoms in total. The molecule has 0 bridgehead atoms. The fourth-order valence-electron chi connectivity index (χ4n) is 3.32. The van der Waals surface area contributed by atoms with Crippen LogP contribution in [0.2, 0.25) is 0 Å². The van der Waals surface area contributed by atoms with E-state index in [0.29, 0.717) is 18.7 Å². The predicted octanol–water partition coefficient (Wildman–Crippen LogP) is 5.26. The van der Waals surface area contributed by atoms with E-state index in [4.69, 9.17) is 10.5 Å². The molecule has 3 aromatic rings. The Morgan fingerprint density at radius 1 is 0.893 bits per heavy atom. The van der Waals surface area contributed by atoms with Crippen molar-refractivity contribution in [2.24, 2.45) is 5.73 Å². The van der Waals surface area contributed by atoms with Crippen molar-refractivity contribution in [1.29, 1.82) is 5.26 Å². The Hall–Kier alpha value is -3.35. The summed E-state index contributed by atoms with van der Waals surface area (Å²) in [6, 6.07) is 28.5. The fraction of sp³-hybridized carbons (Fsp3) is 0.160. The Bertz CT molecular complexity index is 983. The Labute approximate surface area is 166 Å². The van der Waals surface area contributed by atoms with Crippen LogP contribution in [-0.4, -0.2) is 13.2 Å². The number of benzene rings is 3. The van der Waals surface area contributed by atoms with Crippen LogP contribution in [0.25, 0.3) is 11.1 Å². The van der Waals surface area contributed by atoms with Gasteiger partial charge in [0.2, 0.25) is 0 Å². The van der Waals surface area contributed by atoms with E-state index in [0.717, 1.165) is 28.9 Å². The maximum absolute atomic E-state index is 9.35. The molecule has 0 radical (unpaired) electrons. The summed E-state index contributed by atoms with van der Waals surface area (Å²) in [4.78, 5) is 0. The van der Waals surface area contributed by atoms with Gasteiger partial charge in [-0.05, 0) is 58.5 Å². The number of allylic oxidation sites excluding steroid dienone is 1. The number of nitriles is 1. The van der Waals surface area contributed by atoms with Gasteiger partial charge in [-0.25, -0.2) is 0 Å². The third-order valence-corrected chi connectivity index (χ3v) is 4.59. The second-order valence-corrected chi connectivity index (χ2v) is 6.43. The van der Waals surface area contributed by atoms with Crippen molar-refractivity contribution in [2.45, 2.75) is 13.3 Å². The first-order chi connectivity index (χ1) is 13.8. The number of ether oxygens (including phenoxy) is 1. The van der Waals surface area contributed by atoms with Crippen molar-refractivity contribution in [2.75, 3.05) is 13.2 Å². The van der Waals surface area contributed by atoms with Gasteiger partial charge in [0.1, 0.15) is 12.4 Å². The molecule has 0 aliphatic heterocycles. The van der Waals surface area contributed by atoms with Crippen molar-refractivity contribution in [3.63, 3.8) is 0 Å². The van der Waals surface area contributed by atoms with Gasteiger partial charge in [-0.15, -0.1) is 0 Å². The maximum atomic E-state index is 9.35. The summed E-state index contributed by atoms with van der Waals surface area (Å²) in [7, 11) is 0. The molecule has 2 N–H and O–H groups in total. The Morgan fingerprint density at radius 2 is 1.61 bits per heavy atom. The van der Waals surface area contributed by atoms with Gasteiger partial charge in [-0.2, -0.15) is 5.26 Å². The molecule has 0 spiro atoms. The van der Waals surface area contributed by atoms with E-state index in [2.05, 4.69) is 55.5 Å². The molecule has 3 rings (SSSR count). The summed E-state index contributed by atoms with van der Waals surface area (Å²) < 4.78 is 5.62. The lowest BCUT2D eigenvalue weighted by atomic mass is 9.87. The molecule has 0 unspecified atom stereocenters. The second kappa shape index (κ2) is 9.55. The van der Waals surface area contributed by atoms with Gasteiger partial charge in [0.15, 0.2) is 0 Å². The lowest BCUT2D eigenvalue weighted by Crippen LogP contribution is -2.10. The molecule has 0 aliphatic carbocycles. The van der Waals surface area contributed by atoms with Crippen LogP contribution in [-0.2, 0) is 0 Å². The van der Waals surface area contributed by atoms with E-state index in [9.17, 15) is 5.26 Å². The lowest BCUT2D eigenvalue weighted by Gasteiger charge is -2.17. The van der Waals surface area contributed by atoms with E-state index >= 15 is 0 Å². The van der Waals surface area contributed by atoms with E-state index in [-0.39, 0.29) is 0 Å². The van der Waals surface area contributed by atoms with Crippen LogP contribution < -0.4 is 10.5 Å². The molecule has 0 amide bonds. The van der Waals surface area contributed by atoms with Gasteiger partial charge < -0.3 is 10.5 Å². The van der Waals surface area contributed by atoms with Crippen LogP contribution in [0.4, 0.5) is 0 Å². The topological polar surface area (TPSA) is 59.0 Å². The molecular formula is C25H24N2O. The van der Waals surface area contributed by atoms with Gasteiger partial charge in [0, 0.05) is 6.54 Å². The summed E-state index contributed by atoms with van der Waals surface area (Å²) in [5.41, 5.74) is 11.9. The molecule has 3 heteroatoms. The molecule has 3 aromatic carbocycles. The van der Waals surface area contributed by atoms with Gasteiger partial charge in [0.25, 0.3) is 0 Å². The molecule has 0 aromatic heterocycles. The fourth-order valence-corrected chi connectivity index (χ4v) is 3.32. The van der Waals surface area contributed by atoms with Crippen molar-refractivity contribution in [3.8, 4) is 11.8 Å². The molecular weight excluding hydrogens is 344 g/mol. The Morgan fingerprint density at radius 3 is 2.25 bits per heavy atom. The summed E-state index contributed by atoms with van der Waals surface area (Å²) in [6.07, 6.45) is 0.877. The van der Waals surface area contributed by atoms with Crippen LogP contribution in [0.5, 0.6) is 5.75 Å². The van der Waals surface area contributed by atoms with Gasteiger partial charge in [0.05, 0.1) is 11.6 Å². The standard InChI is InChI=1S/C25H24N2O/c1-2-24(20-8-4-3-5-9-20)25(22-10-6-7-19(17-22)18-27)21-11-13-23(14-12-21)28-16-15-26/h3-14,17H,2,15-16,26H2,1H3/b25-24+. The minimum absolute atomic E-state index is 0.488. The van der Waals surface area contributed by atoms with E-state index in [1.807, 2.05) is 36.4 Å². The van der Waals surface area contributed by atoms with Crippen LogP contribution in [0.15, 0.2) is 78.9 Å². The van der Waals surface area contributed by atoms with Gasteiger partial charge >= 0.3 is 0 Å². The average Bonchev–Trinajstić information content (AvgIpc) is 2.77. The van der Waals surface area contributed by atoms with Gasteiger partial charge in [-0.3, -0.25) is 0 Å². The predicted molar refractivity (Wildman–Crippen MR) is 115 cm³/mol. The van der Waals surface area contributed by atoms with E-state index in [1.165, 1.54) is 11.1 Å². The van der Waals surface area contributed by atoms with Crippen molar-refractivity contribution < 1.29 is 4.74 Å². The average molecular weight is 368 g/mol. The quantitative estimate of drug-likeness (QED) is 0.578. The molecule has 0 saturated heterocycles. The first-order valence-electron chi connectivity index (χ1n) is 9.49. The zero-order valence-electron chi connectivity index (χ0n) is 16.1. The zero-order valence-corrected chi connectivity index (χ0v) is 16.1. The van der Waals surface area contributed by atoms with Crippen molar-refractivity contribution in [3.05, 3.63) is 101 Å². The minimum atomic E-state index is 0.488. The van der Waals surface area contributed by atoms with Crippen molar-refractivity contribution >= 4 is 11.1 Å². The van der Waals surface area contributed by atoms with Crippen LogP contribution in [0.3, 0.4) is 0 Å². The molecule has 0 aliphatic rings. The molecule has 0 saturated carbocycles. The summed E-state index contributed by atoms with van der Waals surface area (Å²) in [5.74, 6) is 0.803.